The van der Waals surface area contributed by atoms with E-state index in [1.165, 1.54) is 0 Å². The number of rotatable bonds is 4. The van der Waals surface area contributed by atoms with Crippen molar-refractivity contribution < 1.29 is 4.79 Å². The van der Waals surface area contributed by atoms with Crippen molar-refractivity contribution in [2.75, 3.05) is 0 Å². The molecule has 0 saturated carbocycles. The first-order valence-corrected chi connectivity index (χ1v) is 6.69. The van der Waals surface area contributed by atoms with Gasteiger partial charge in [-0.15, -0.1) is 0 Å². The predicted octanol–water partition coefficient (Wildman–Crippen LogP) is 3.22. The van der Waals surface area contributed by atoms with E-state index >= 15 is 0 Å². The highest BCUT2D eigenvalue weighted by atomic mass is 16.1. The molecule has 0 aliphatic carbocycles. The molecule has 3 nitrogen and oxygen atoms in total. The smallest absolute Gasteiger partial charge is 0.262 e. The first-order valence-electron chi connectivity index (χ1n) is 6.69. The summed E-state index contributed by atoms with van der Waals surface area (Å²) in [5.74, 6) is -0.358. The van der Waals surface area contributed by atoms with Crippen LogP contribution in [0.5, 0.6) is 0 Å². The molecular formula is C18H16N2O. The third-order valence-electron chi connectivity index (χ3n) is 3.01. The van der Waals surface area contributed by atoms with E-state index in [-0.39, 0.29) is 11.5 Å². The molecule has 1 amide bonds. The third kappa shape index (κ3) is 4.32. The zero-order chi connectivity index (χ0) is 15.1. The lowest BCUT2D eigenvalue weighted by Gasteiger charge is -2.04. The fourth-order valence-electron chi connectivity index (χ4n) is 1.95. The van der Waals surface area contributed by atoms with E-state index in [0.717, 1.165) is 16.7 Å². The van der Waals surface area contributed by atoms with Crippen molar-refractivity contribution in [2.24, 2.45) is 0 Å². The van der Waals surface area contributed by atoms with Gasteiger partial charge in [-0.2, -0.15) is 5.26 Å². The average Bonchev–Trinajstić information content (AvgIpc) is 2.51. The minimum Gasteiger partial charge on any atom is -0.347 e. The Kier molecular flexibility index (Phi) is 4.89. The van der Waals surface area contributed by atoms with Gasteiger partial charge in [0.1, 0.15) is 11.6 Å². The standard InChI is InChI=1S/C18H16N2O/c1-14-6-5-9-16(10-14)11-17(12-19)18(21)20-13-15-7-3-2-4-8-15/h2-11H,13H2,1H3,(H,20,21)/b17-11-. The summed E-state index contributed by atoms with van der Waals surface area (Å²) in [5, 5.41) is 11.9. The van der Waals surface area contributed by atoms with E-state index < -0.39 is 0 Å². The summed E-state index contributed by atoms with van der Waals surface area (Å²) >= 11 is 0. The number of hydrogen-bond donors (Lipinski definition) is 1. The molecule has 0 spiro atoms. The summed E-state index contributed by atoms with van der Waals surface area (Å²) in [4.78, 5) is 12.0. The second kappa shape index (κ2) is 7.06. The molecule has 0 saturated heterocycles. The molecule has 0 aliphatic rings. The summed E-state index contributed by atoms with van der Waals surface area (Å²) in [7, 11) is 0. The molecular weight excluding hydrogens is 260 g/mol. The first kappa shape index (κ1) is 14.5. The molecule has 0 bridgehead atoms. The second-order valence-corrected chi connectivity index (χ2v) is 4.75. The van der Waals surface area contributed by atoms with Crippen LogP contribution < -0.4 is 5.32 Å². The topological polar surface area (TPSA) is 52.9 Å². The highest BCUT2D eigenvalue weighted by Crippen LogP contribution is 2.09. The lowest BCUT2D eigenvalue weighted by atomic mass is 10.1. The van der Waals surface area contributed by atoms with Gasteiger partial charge in [0.05, 0.1) is 0 Å². The Labute approximate surface area is 124 Å². The van der Waals surface area contributed by atoms with Gasteiger partial charge in [-0.3, -0.25) is 4.79 Å². The van der Waals surface area contributed by atoms with E-state index in [4.69, 9.17) is 5.26 Å². The van der Waals surface area contributed by atoms with Gasteiger partial charge in [0, 0.05) is 6.54 Å². The van der Waals surface area contributed by atoms with Crippen molar-refractivity contribution in [1.29, 1.82) is 5.26 Å². The van der Waals surface area contributed by atoms with Gasteiger partial charge in [0.2, 0.25) is 0 Å². The van der Waals surface area contributed by atoms with Crippen molar-refractivity contribution in [3.05, 3.63) is 76.9 Å². The Balaban J connectivity index is 2.07. The van der Waals surface area contributed by atoms with Crippen molar-refractivity contribution in [2.45, 2.75) is 13.5 Å². The zero-order valence-electron chi connectivity index (χ0n) is 11.8. The number of aryl methyl sites for hydroxylation is 1. The summed E-state index contributed by atoms with van der Waals surface area (Å²) in [6.45, 7) is 2.38. The summed E-state index contributed by atoms with van der Waals surface area (Å²) in [5.41, 5.74) is 3.04. The molecule has 0 aliphatic heterocycles. The monoisotopic (exact) mass is 276 g/mol. The summed E-state index contributed by atoms with van der Waals surface area (Å²) in [6, 6.07) is 19.2. The zero-order valence-corrected chi connectivity index (χ0v) is 11.8. The van der Waals surface area contributed by atoms with Crippen LogP contribution in [0.1, 0.15) is 16.7 Å². The Morgan fingerprint density at radius 2 is 1.95 bits per heavy atom. The summed E-state index contributed by atoms with van der Waals surface area (Å²) < 4.78 is 0. The van der Waals surface area contributed by atoms with Gasteiger partial charge in [0.25, 0.3) is 5.91 Å². The van der Waals surface area contributed by atoms with Gasteiger partial charge in [0.15, 0.2) is 0 Å². The number of carbonyl (C=O) groups excluding carboxylic acids is 1. The quantitative estimate of drug-likeness (QED) is 0.688. The number of nitrogens with zero attached hydrogens (tertiary/aromatic N) is 1. The van der Waals surface area contributed by atoms with E-state index in [1.54, 1.807) is 6.08 Å². The highest BCUT2D eigenvalue weighted by molar-refractivity contribution is 6.01. The number of nitriles is 1. The number of amides is 1. The largest absolute Gasteiger partial charge is 0.347 e. The molecule has 0 aromatic heterocycles. The maximum atomic E-state index is 12.0. The lowest BCUT2D eigenvalue weighted by molar-refractivity contribution is -0.117. The molecule has 0 radical (unpaired) electrons. The van der Waals surface area contributed by atoms with Crippen molar-refractivity contribution in [3.63, 3.8) is 0 Å². The number of carbonyl (C=O) groups is 1. The maximum Gasteiger partial charge on any atom is 0.262 e. The molecule has 1 N–H and O–H groups in total. The molecule has 0 fully saturated rings. The number of hydrogen-bond acceptors (Lipinski definition) is 2. The van der Waals surface area contributed by atoms with Gasteiger partial charge in [-0.05, 0) is 24.1 Å². The van der Waals surface area contributed by atoms with Gasteiger partial charge < -0.3 is 5.32 Å². The van der Waals surface area contributed by atoms with E-state index in [1.807, 2.05) is 67.6 Å². The number of benzene rings is 2. The van der Waals surface area contributed by atoms with Crippen LogP contribution in [0.3, 0.4) is 0 Å². The third-order valence-corrected chi connectivity index (χ3v) is 3.01. The molecule has 2 aromatic rings. The fourth-order valence-corrected chi connectivity index (χ4v) is 1.95. The minimum atomic E-state index is -0.358. The highest BCUT2D eigenvalue weighted by Gasteiger charge is 2.08. The maximum absolute atomic E-state index is 12.0. The van der Waals surface area contributed by atoms with Crippen LogP contribution in [-0.2, 0) is 11.3 Å². The SMILES string of the molecule is Cc1cccc(/C=C(/C#N)C(=O)NCc2ccccc2)c1. The van der Waals surface area contributed by atoms with E-state index in [9.17, 15) is 4.79 Å². The molecule has 104 valence electrons. The second-order valence-electron chi connectivity index (χ2n) is 4.75. The van der Waals surface area contributed by atoms with Crippen LogP contribution >= 0.6 is 0 Å². The van der Waals surface area contributed by atoms with Crippen molar-refractivity contribution in [3.8, 4) is 6.07 Å². The van der Waals surface area contributed by atoms with E-state index in [0.29, 0.717) is 6.54 Å². The van der Waals surface area contributed by atoms with Gasteiger partial charge >= 0.3 is 0 Å². The van der Waals surface area contributed by atoms with Crippen molar-refractivity contribution in [1.82, 2.24) is 5.32 Å². The molecule has 2 rings (SSSR count). The molecule has 21 heavy (non-hydrogen) atoms. The Bertz CT molecular complexity index is 697. The fraction of sp³-hybridized carbons (Fsp3) is 0.111. The van der Waals surface area contributed by atoms with Crippen molar-refractivity contribution >= 4 is 12.0 Å². The molecule has 0 atom stereocenters. The minimum absolute atomic E-state index is 0.108. The Morgan fingerprint density at radius 3 is 2.62 bits per heavy atom. The van der Waals surface area contributed by atoms with Crippen LogP contribution in [0.2, 0.25) is 0 Å². The average molecular weight is 276 g/mol. The molecule has 2 aromatic carbocycles. The lowest BCUT2D eigenvalue weighted by Crippen LogP contribution is -2.23. The Hall–Kier alpha value is -2.86. The van der Waals surface area contributed by atoms with Crippen LogP contribution in [0, 0.1) is 18.3 Å². The predicted molar refractivity (Wildman–Crippen MR) is 83.1 cm³/mol. The summed E-state index contributed by atoms with van der Waals surface area (Å²) in [6.07, 6.45) is 1.60. The molecule has 0 unspecified atom stereocenters. The van der Waals surface area contributed by atoms with Crippen LogP contribution in [0.15, 0.2) is 60.2 Å². The number of nitrogens with one attached hydrogen (secondary N) is 1. The normalized spacial score (nSPS) is 10.8. The van der Waals surface area contributed by atoms with Crippen LogP contribution in [0.4, 0.5) is 0 Å². The van der Waals surface area contributed by atoms with Gasteiger partial charge in [-0.1, -0.05) is 60.2 Å². The molecule has 3 heteroatoms. The van der Waals surface area contributed by atoms with Gasteiger partial charge in [-0.25, -0.2) is 0 Å². The van der Waals surface area contributed by atoms with Crippen LogP contribution in [-0.4, -0.2) is 5.91 Å². The Morgan fingerprint density at radius 1 is 1.19 bits per heavy atom. The van der Waals surface area contributed by atoms with E-state index in [2.05, 4.69) is 5.32 Å². The molecule has 0 heterocycles. The van der Waals surface area contributed by atoms with Crippen LogP contribution in [0.25, 0.3) is 6.08 Å². The first-order chi connectivity index (χ1) is 10.2.